The molecule has 8 heteroatoms. The predicted molar refractivity (Wildman–Crippen MR) is 108 cm³/mol. The molecule has 28 heavy (non-hydrogen) atoms. The average Bonchev–Trinajstić information content (AvgIpc) is 3.19. The summed E-state index contributed by atoms with van der Waals surface area (Å²) in [5, 5.41) is 14.0. The molecule has 1 aromatic heterocycles. The molecule has 0 aliphatic rings. The Hall–Kier alpha value is -3.13. The van der Waals surface area contributed by atoms with E-state index in [1.807, 2.05) is 66.1 Å². The Morgan fingerprint density at radius 3 is 2.50 bits per heavy atom. The summed E-state index contributed by atoms with van der Waals surface area (Å²) in [7, 11) is 0. The number of aryl methyl sites for hydroxylation is 1. The van der Waals surface area contributed by atoms with E-state index < -0.39 is 0 Å². The molecule has 0 aliphatic heterocycles. The Morgan fingerprint density at radius 2 is 1.75 bits per heavy atom. The molecular formula is C20H21N5O2S. The number of benzene rings is 2. The number of nitrogens with zero attached hydrogens (tertiary/aromatic N) is 3. The van der Waals surface area contributed by atoms with Crippen LogP contribution in [0.25, 0.3) is 5.69 Å². The van der Waals surface area contributed by atoms with Crippen LogP contribution in [0, 0.1) is 6.92 Å². The van der Waals surface area contributed by atoms with E-state index in [2.05, 4.69) is 20.8 Å². The van der Waals surface area contributed by atoms with Gasteiger partial charge in [0.25, 0.3) is 0 Å². The first-order chi connectivity index (χ1) is 13.6. The lowest BCUT2D eigenvalue weighted by Gasteiger charge is -2.08. The second-order valence-electron chi connectivity index (χ2n) is 6.15. The van der Waals surface area contributed by atoms with Crippen LogP contribution in [0.1, 0.15) is 11.1 Å². The van der Waals surface area contributed by atoms with Gasteiger partial charge in [0.2, 0.25) is 11.8 Å². The van der Waals surface area contributed by atoms with Gasteiger partial charge in [-0.1, -0.05) is 59.8 Å². The zero-order valence-corrected chi connectivity index (χ0v) is 16.3. The van der Waals surface area contributed by atoms with Crippen molar-refractivity contribution in [3.8, 4) is 5.69 Å². The first-order valence-corrected chi connectivity index (χ1v) is 9.77. The standard InChI is InChI=1S/C20H21N5O2S/c1-15-7-9-17(10-8-15)25-14-23-24-20(25)28-13-19(27)22-12-18(26)21-11-16-5-3-2-4-6-16/h2-10,14H,11-13H2,1H3,(H,21,26)(H,22,27). The molecule has 2 amide bonds. The number of carbonyl (C=O) groups excluding carboxylic acids is 2. The van der Waals surface area contributed by atoms with Crippen molar-refractivity contribution >= 4 is 23.6 Å². The molecule has 144 valence electrons. The van der Waals surface area contributed by atoms with Gasteiger partial charge in [-0.25, -0.2) is 0 Å². The van der Waals surface area contributed by atoms with Crippen LogP contribution in [-0.2, 0) is 16.1 Å². The number of aromatic nitrogens is 3. The number of hydrogen-bond donors (Lipinski definition) is 2. The molecule has 2 N–H and O–H groups in total. The van der Waals surface area contributed by atoms with E-state index in [9.17, 15) is 9.59 Å². The summed E-state index contributed by atoms with van der Waals surface area (Å²) in [5.74, 6) is -0.320. The molecular weight excluding hydrogens is 374 g/mol. The third-order valence-electron chi connectivity index (χ3n) is 3.94. The number of thioether (sulfide) groups is 1. The topological polar surface area (TPSA) is 88.9 Å². The third kappa shape index (κ3) is 5.68. The Labute approximate surface area is 167 Å². The van der Waals surface area contributed by atoms with Crippen molar-refractivity contribution < 1.29 is 9.59 Å². The maximum Gasteiger partial charge on any atom is 0.239 e. The van der Waals surface area contributed by atoms with E-state index >= 15 is 0 Å². The van der Waals surface area contributed by atoms with E-state index in [0.717, 1.165) is 16.8 Å². The van der Waals surface area contributed by atoms with Crippen LogP contribution in [0.4, 0.5) is 0 Å². The van der Waals surface area contributed by atoms with Crippen LogP contribution in [0.2, 0.25) is 0 Å². The van der Waals surface area contributed by atoms with E-state index in [4.69, 9.17) is 0 Å². The van der Waals surface area contributed by atoms with Gasteiger partial charge in [-0.15, -0.1) is 10.2 Å². The zero-order chi connectivity index (χ0) is 19.8. The van der Waals surface area contributed by atoms with Crippen LogP contribution in [0.15, 0.2) is 66.1 Å². The van der Waals surface area contributed by atoms with Gasteiger partial charge in [-0.3, -0.25) is 14.2 Å². The minimum Gasteiger partial charge on any atom is -0.350 e. The number of amides is 2. The number of nitrogens with one attached hydrogen (secondary N) is 2. The molecule has 0 spiro atoms. The summed E-state index contributed by atoms with van der Waals surface area (Å²) in [6, 6.07) is 17.6. The molecule has 0 unspecified atom stereocenters. The first kappa shape index (κ1) is 19.6. The van der Waals surface area contributed by atoms with E-state index in [-0.39, 0.29) is 24.1 Å². The van der Waals surface area contributed by atoms with Crippen molar-refractivity contribution in [2.45, 2.75) is 18.6 Å². The Balaban J connectivity index is 1.43. The van der Waals surface area contributed by atoms with Crippen LogP contribution >= 0.6 is 11.8 Å². The molecule has 0 saturated carbocycles. The van der Waals surface area contributed by atoms with Gasteiger partial charge >= 0.3 is 0 Å². The molecule has 0 aliphatic carbocycles. The Kier molecular flexibility index (Phi) is 6.80. The summed E-state index contributed by atoms with van der Waals surface area (Å²) in [6.07, 6.45) is 1.61. The fraction of sp³-hybridized carbons (Fsp3) is 0.200. The second kappa shape index (κ2) is 9.70. The molecule has 0 atom stereocenters. The minimum absolute atomic E-state index is 0.0587. The first-order valence-electron chi connectivity index (χ1n) is 8.79. The Bertz CT molecular complexity index is 925. The number of rotatable bonds is 8. The van der Waals surface area contributed by atoms with Gasteiger partial charge < -0.3 is 10.6 Å². The van der Waals surface area contributed by atoms with Crippen molar-refractivity contribution in [3.05, 3.63) is 72.1 Å². The lowest BCUT2D eigenvalue weighted by Crippen LogP contribution is -2.37. The predicted octanol–water partition coefficient (Wildman–Crippen LogP) is 2.10. The maximum absolute atomic E-state index is 12.0. The fourth-order valence-electron chi connectivity index (χ4n) is 2.42. The lowest BCUT2D eigenvalue weighted by atomic mass is 10.2. The molecule has 0 fully saturated rings. The molecule has 0 radical (unpaired) electrons. The van der Waals surface area contributed by atoms with Crippen LogP contribution in [0.3, 0.4) is 0 Å². The summed E-state index contributed by atoms with van der Waals surface area (Å²) < 4.78 is 1.82. The second-order valence-corrected chi connectivity index (χ2v) is 7.09. The third-order valence-corrected chi connectivity index (χ3v) is 4.88. The van der Waals surface area contributed by atoms with E-state index in [1.54, 1.807) is 6.33 Å². The number of carbonyl (C=O) groups is 2. The molecule has 0 saturated heterocycles. The quantitative estimate of drug-likeness (QED) is 0.570. The largest absolute Gasteiger partial charge is 0.350 e. The Morgan fingerprint density at radius 1 is 1.00 bits per heavy atom. The summed E-state index contributed by atoms with van der Waals surface area (Å²) in [4.78, 5) is 23.9. The lowest BCUT2D eigenvalue weighted by molar-refractivity contribution is -0.124. The summed E-state index contributed by atoms with van der Waals surface area (Å²) in [5.41, 5.74) is 3.10. The summed E-state index contributed by atoms with van der Waals surface area (Å²) in [6.45, 7) is 2.40. The average molecular weight is 395 g/mol. The monoisotopic (exact) mass is 395 g/mol. The highest BCUT2D eigenvalue weighted by Crippen LogP contribution is 2.19. The van der Waals surface area contributed by atoms with Crippen molar-refractivity contribution in [3.63, 3.8) is 0 Å². The highest BCUT2D eigenvalue weighted by atomic mass is 32.2. The van der Waals surface area contributed by atoms with Crippen LogP contribution in [-0.4, -0.2) is 38.9 Å². The van der Waals surface area contributed by atoms with Gasteiger partial charge in [-0.2, -0.15) is 0 Å². The summed E-state index contributed by atoms with van der Waals surface area (Å²) >= 11 is 1.27. The van der Waals surface area contributed by atoms with Crippen molar-refractivity contribution in [2.24, 2.45) is 0 Å². The molecule has 1 heterocycles. The normalized spacial score (nSPS) is 10.5. The fourth-order valence-corrected chi connectivity index (χ4v) is 3.18. The van der Waals surface area contributed by atoms with Gasteiger partial charge in [0.1, 0.15) is 6.33 Å². The van der Waals surface area contributed by atoms with Crippen molar-refractivity contribution in [1.29, 1.82) is 0 Å². The molecule has 0 bridgehead atoms. The van der Waals surface area contributed by atoms with Crippen molar-refractivity contribution in [1.82, 2.24) is 25.4 Å². The zero-order valence-electron chi connectivity index (χ0n) is 15.5. The number of hydrogen-bond acceptors (Lipinski definition) is 5. The van der Waals surface area contributed by atoms with Gasteiger partial charge in [0, 0.05) is 12.2 Å². The maximum atomic E-state index is 12.0. The molecule has 7 nitrogen and oxygen atoms in total. The van der Waals surface area contributed by atoms with E-state index in [1.165, 1.54) is 11.8 Å². The molecule has 3 rings (SSSR count). The van der Waals surface area contributed by atoms with Crippen LogP contribution < -0.4 is 10.6 Å². The van der Waals surface area contributed by atoms with Crippen LogP contribution in [0.5, 0.6) is 0 Å². The van der Waals surface area contributed by atoms with E-state index in [0.29, 0.717) is 11.7 Å². The minimum atomic E-state index is -0.238. The van der Waals surface area contributed by atoms with Crippen molar-refractivity contribution in [2.75, 3.05) is 12.3 Å². The SMILES string of the molecule is Cc1ccc(-n2cnnc2SCC(=O)NCC(=O)NCc2ccccc2)cc1. The highest BCUT2D eigenvalue weighted by molar-refractivity contribution is 7.99. The van der Waals surface area contributed by atoms with Gasteiger partial charge in [-0.05, 0) is 24.6 Å². The van der Waals surface area contributed by atoms with Gasteiger partial charge in [0.15, 0.2) is 5.16 Å². The van der Waals surface area contributed by atoms with Gasteiger partial charge in [0.05, 0.1) is 12.3 Å². The molecule has 3 aromatic rings. The highest BCUT2D eigenvalue weighted by Gasteiger charge is 2.11. The smallest absolute Gasteiger partial charge is 0.239 e. The molecule has 2 aromatic carbocycles.